The van der Waals surface area contributed by atoms with Crippen LogP contribution >= 0.6 is 0 Å². The van der Waals surface area contributed by atoms with Gasteiger partial charge in [0, 0.05) is 27.3 Å². The summed E-state index contributed by atoms with van der Waals surface area (Å²) in [7, 11) is 3.11. The number of aromatic nitrogens is 2. The average molecular weight is 282 g/mol. The van der Waals surface area contributed by atoms with E-state index in [0.29, 0.717) is 26.3 Å². The maximum absolute atomic E-state index is 12.2. The summed E-state index contributed by atoms with van der Waals surface area (Å²) in [6.45, 7) is 1.64. The molecule has 8 nitrogen and oxygen atoms in total. The molecule has 20 heavy (non-hydrogen) atoms. The van der Waals surface area contributed by atoms with Crippen LogP contribution in [0.25, 0.3) is 0 Å². The van der Waals surface area contributed by atoms with Gasteiger partial charge in [0.1, 0.15) is 11.4 Å². The molecule has 0 spiro atoms. The third kappa shape index (κ3) is 4.56. The van der Waals surface area contributed by atoms with Crippen molar-refractivity contribution < 1.29 is 19.1 Å². The first-order valence-electron chi connectivity index (χ1n) is 5.99. The number of nitrogens with two attached hydrogens (primary N) is 1. The second kappa shape index (κ2) is 8.18. The molecule has 2 amide bonds. The van der Waals surface area contributed by atoms with Crippen molar-refractivity contribution in [2.75, 3.05) is 40.5 Å². The van der Waals surface area contributed by atoms with Gasteiger partial charge >= 0.3 is 0 Å². The number of hydrogen-bond acceptors (Lipinski definition) is 6. The van der Waals surface area contributed by atoms with E-state index in [2.05, 4.69) is 9.97 Å². The monoisotopic (exact) mass is 282 g/mol. The van der Waals surface area contributed by atoms with Crippen LogP contribution in [0.3, 0.4) is 0 Å². The number of carbonyl (C=O) groups excluding carboxylic acids is 2. The summed E-state index contributed by atoms with van der Waals surface area (Å²) in [5.41, 5.74) is 5.22. The first-order valence-corrected chi connectivity index (χ1v) is 5.99. The van der Waals surface area contributed by atoms with Crippen LogP contribution in [0.15, 0.2) is 12.4 Å². The van der Waals surface area contributed by atoms with Crippen LogP contribution in [0, 0.1) is 0 Å². The third-order valence-electron chi connectivity index (χ3n) is 2.54. The number of hydrogen-bond donors (Lipinski definition) is 1. The van der Waals surface area contributed by atoms with Gasteiger partial charge in [-0.05, 0) is 0 Å². The summed E-state index contributed by atoms with van der Waals surface area (Å²) >= 11 is 0. The Morgan fingerprint density at radius 3 is 2.00 bits per heavy atom. The highest BCUT2D eigenvalue weighted by Gasteiger charge is 2.17. The molecular formula is C12H18N4O4. The molecule has 0 radical (unpaired) electrons. The summed E-state index contributed by atoms with van der Waals surface area (Å²) in [4.78, 5) is 32.4. The number of amides is 2. The van der Waals surface area contributed by atoms with Crippen LogP contribution in [0.5, 0.6) is 0 Å². The molecule has 110 valence electrons. The average Bonchev–Trinajstić information content (AvgIpc) is 2.47. The van der Waals surface area contributed by atoms with E-state index in [1.807, 2.05) is 0 Å². The number of carbonyl (C=O) groups is 2. The van der Waals surface area contributed by atoms with Crippen LogP contribution in [0.2, 0.25) is 0 Å². The molecule has 2 N–H and O–H groups in total. The lowest BCUT2D eigenvalue weighted by molar-refractivity contribution is 0.0621. The zero-order valence-electron chi connectivity index (χ0n) is 11.5. The van der Waals surface area contributed by atoms with Crippen molar-refractivity contribution in [2.24, 2.45) is 5.73 Å². The molecule has 1 rings (SSSR count). The van der Waals surface area contributed by atoms with Gasteiger partial charge in [-0.15, -0.1) is 0 Å². The topological polar surface area (TPSA) is 108 Å². The quantitative estimate of drug-likeness (QED) is 0.676. The second-order valence-electron chi connectivity index (χ2n) is 3.93. The molecule has 0 unspecified atom stereocenters. The van der Waals surface area contributed by atoms with E-state index in [1.54, 1.807) is 19.1 Å². The number of rotatable bonds is 8. The maximum atomic E-state index is 12.2. The molecule has 0 saturated carbocycles. The summed E-state index contributed by atoms with van der Waals surface area (Å²) in [6.07, 6.45) is 2.41. The SMILES string of the molecule is COCCN(CCOC)C(=O)c1cnc(C(N)=O)cn1. The van der Waals surface area contributed by atoms with Gasteiger partial charge < -0.3 is 20.1 Å². The summed E-state index contributed by atoms with van der Waals surface area (Å²) in [5.74, 6) is -0.991. The normalized spacial score (nSPS) is 10.3. The molecule has 0 bridgehead atoms. The van der Waals surface area contributed by atoms with Crippen molar-refractivity contribution in [3.8, 4) is 0 Å². The highest BCUT2D eigenvalue weighted by atomic mass is 16.5. The molecule has 0 aliphatic heterocycles. The fourth-order valence-corrected chi connectivity index (χ4v) is 1.45. The number of nitrogens with zero attached hydrogens (tertiary/aromatic N) is 3. The Morgan fingerprint density at radius 1 is 1.10 bits per heavy atom. The molecule has 0 aliphatic carbocycles. The Labute approximate surface area is 116 Å². The van der Waals surface area contributed by atoms with Gasteiger partial charge in [-0.3, -0.25) is 9.59 Å². The Bertz CT molecular complexity index is 441. The van der Waals surface area contributed by atoms with Crippen LogP contribution in [-0.2, 0) is 9.47 Å². The first kappa shape index (κ1) is 16.0. The summed E-state index contributed by atoms with van der Waals surface area (Å²) < 4.78 is 9.91. The van der Waals surface area contributed by atoms with Gasteiger partial charge in [0.15, 0.2) is 0 Å². The van der Waals surface area contributed by atoms with Crippen molar-refractivity contribution in [1.29, 1.82) is 0 Å². The van der Waals surface area contributed by atoms with Crippen LogP contribution in [0.4, 0.5) is 0 Å². The van der Waals surface area contributed by atoms with Crippen molar-refractivity contribution in [3.63, 3.8) is 0 Å². The van der Waals surface area contributed by atoms with E-state index in [9.17, 15) is 9.59 Å². The van der Waals surface area contributed by atoms with Crippen molar-refractivity contribution in [1.82, 2.24) is 14.9 Å². The van der Waals surface area contributed by atoms with Gasteiger partial charge in [-0.1, -0.05) is 0 Å². The summed E-state index contributed by atoms with van der Waals surface area (Å²) in [6, 6.07) is 0. The van der Waals surface area contributed by atoms with E-state index in [1.165, 1.54) is 12.4 Å². The Morgan fingerprint density at radius 2 is 1.60 bits per heavy atom. The fourth-order valence-electron chi connectivity index (χ4n) is 1.45. The van der Waals surface area contributed by atoms with Crippen molar-refractivity contribution >= 4 is 11.8 Å². The minimum absolute atomic E-state index is 0.0156. The Balaban J connectivity index is 2.78. The number of primary amides is 1. The van der Waals surface area contributed by atoms with E-state index in [-0.39, 0.29) is 17.3 Å². The molecule has 0 aromatic carbocycles. The predicted molar refractivity (Wildman–Crippen MR) is 70.2 cm³/mol. The van der Waals surface area contributed by atoms with Gasteiger partial charge in [-0.25, -0.2) is 9.97 Å². The van der Waals surface area contributed by atoms with Gasteiger partial charge in [-0.2, -0.15) is 0 Å². The Hall–Kier alpha value is -2.06. The van der Waals surface area contributed by atoms with E-state index >= 15 is 0 Å². The Kier molecular flexibility index (Phi) is 6.54. The standard InChI is InChI=1S/C12H18N4O4/c1-19-5-3-16(4-6-20-2)12(18)10-8-14-9(7-15-10)11(13)17/h7-8H,3-6H2,1-2H3,(H2,13,17). The molecular weight excluding hydrogens is 264 g/mol. The van der Waals surface area contributed by atoms with Crippen LogP contribution in [-0.4, -0.2) is 67.2 Å². The summed E-state index contributed by atoms with van der Waals surface area (Å²) in [5, 5.41) is 0. The highest BCUT2D eigenvalue weighted by molar-refractivity contribution is 5.93. The lowest BCUT2D eigenvalue weighted by Gasteiger charge is -2.21. The zero-order chi connectivity index (χ0) is 15.0. The molecule has 0 saturated heterocycles. The van der Waals surface area contributed by atoms with Crippen LogP contribution < -0.4 is 5.73 Å². The van der Waals surface area contributed by atoms with E-state index < -0.39 is 5.91 Å². The minimum Gasteiger partial charge on any atom is -0.383 e. The minimum atomic E-state index is -0.688. The maximum Gasteiger partial charge on any atom is 0.274 e. The first-order chi connectivity index (χ1) is 9.60. The number of ether oxygens (including phenoxy) is 2. The third-order valence-corrected chi connectivity index (χ3v) is 2.54. The highest BCUT2D eigenvalue weighted by Crippen LogP contribution is 2.02. The largest absolute Gasteiger partial charge is 0.383 e. The van der Waals surface area contributed by atoms with Crippen LogP contribution in [0.1, 0.15) is 21.0 Å². The zero-order valence-corrected chi connectivity index (χ0v) is 11.5. The second-order valence-corrected chi connectivity index (χ2v) is 3.93. The fraction of sp³-hybridized carbons (Fsp3) is 0.500. The van der Waals surface area contributed by atoms with E-state index in [4.69, 9.17) is 15.2 Å². The van der Waals surface area contributed by atoms with Gasteiger partial charge in [0.2, 0.25) is 0 Å². The lowest BCUT2D eigenvalue weighted by Crippen LogP contribution is -2.37. The predicted octanol–water partition coefficient (Wildman–Crippen LogP) is -0.689. The van der Waals surface area contributed by atoms with Crippen molar-refractivity contribution in [3.05, 3.63) is 23.8 Å². The molecule has 1 aromatic rings. The van der Waals surface area contributed by atoms with E-state index in [0.717, 1.165) is 0 Å². The van der Waals surface area contributed by atoms with Gasteiger partial charge in [0.25, 0.3) is 11.8 Å². The molecule has 1 aromatic heterocycles. The molecule has 1 heterocycles. The number of methoxy groups -OCH3 is 2. The van der Waals surface area contributed by atoms with Crippen molar-refractivity contribution in [2.45, 2.75) is 0 Å². The molecule has 0 fully saturated rings. The van der Waals surface area contributed by atoms with Gasteiger partial charge in [0.05, 0.1) is 25.6 Å². The molecule has 8 heteroatoms. The molecule has 0 atom stereocenters. The lowest BCUT2D eigenvalue weighted by atomic mass is 10.3. The molecule has 0 aliphatic rings. The smallest absolute Gasteiger partial charge is 0.274 e.